The van der Waals surface area contributed by atoms with Crippen LogP contribution < -0.4 is 5.73 Å². The Hall–Kier alpha value is -1.63. The van der Waals surface area contributed by atoms with Crippen molar-refractivity contribution >= 4 is 28.3 Å². The maximum atomic E-state index is 12.0. The number of hydrogen-bond acceptors (Lipinski definition) is 5. The van der Waals surface area contributed by atoms with E-state index >= 15 is 0 Å². The Labute approximate surface area is 115 Å². The zero-order chi connectivity index (χ0) is 13.8. The van der Waals surface area contributed by atoms with E-state index < -0.39 is 5.97 Å². The fourth-order valence-corrected chi connectivity index (χ4v) is 2.86. The highest BCUT2D eigenvalue weighted by Gasteiger charge is 2.26. The van der Waals surface area contributed by atoms with E-state index in [-0.39, 0.29) is 18.7 Å². The minimum atomic E-state index is -0.775. The Morgan fingerprint density at radius 2 is 2.37 bits per heavy atom. The van der Waals surface area contributed by atoms with Crippen LogP contribution in [0.3, 0.4) is 0 Å². The smallest absolute Gasteiger partial charge is 0.303 e. The number of carbonyl (C=O) groups is 2. The first kappa shape index (κ1) is 13.8. The zero-order valence-corrected chi connectivity index (χ0v) is 11.4. The molecule has 0 bridgehead atoms. The average Bonchev–Trinajstić information content (AvgIpc) is 2.95. The number of thiazole rings is 1. The molecule has 1 aromatic rings. The Bertz CT molecular complexity index is 475. The van der Waals surface area contributed by atoms with Gasteiger partial charge in [-0.2, -0.15) is 0 Å². The second-order valence-corrected chi connectivity index (χ2v) is 5.67. The summed E-state index contributed by atoms with van der Waals surface area (Å²) in [6.07, 6.45) is 1.98. The van der Waals surface area contributed by atoms with Crippen LogP contribution in [0.4, 0.5) is 5.13 Å². The molecule has 1 atom stereocenters. The fraction of sp³-hybridized carbons (Fsp3) is 0.583. The van der Waals surface area contributed by atoms with E-state index in [1.165, 1.54) is 11.3 Å². The van der Waals surface area contributed by atoms with Crippen LogP contribution in [0.2, 0.25) is 0 Å². The molecular weight excluding hydrogens is 266 g/mol. The number of nitrogens with two attached hydrogens (primary N) is 1. The summed E-state index contributed by atoms with van der Waals surface area (Å²) >= 11 is 1.33. The van der Waals surface area contributed by atoms with E-state index in [0.29, 0.717) is 36.3 Å². The number of hydrogen-bond donors (Lipinski definition) is 2. The summed E-state index contributed by atoms with van der Waals surface area (Å²) in [5, 5.41) is 10.9. The number of likely N-dealkylation sites (tertiary alicyclic amines) is 1. The Morgan fingerprint density at radius 3 is 3.00 bits per heavy atom. The number of anilines is 1. The van der Waals surface area contributed by atoms with Gasteiger partial charge in [0.25, 0.3) is 0 Å². The molecule has 0 radical (unpaired) electrons. The lowest BCUT2D eigenvalue weighted by Crippen LogP contribution is -2.30. The maximum absolute atomic E-state index is 12.0. The SMILES string of the molecule is Nc1nc(CC(=O)N2CCC(CCC(=O)O)C2)cs1. The van der Waals surface area contributed by atoms with Crippen LogP contribution >= 0.6 is 11.3 Å². The highest BCUT2D eigenvalue weighted by molar-refractivity contribution is 7.13. The molecule has 1 aliphatic heterocycles. The van der Waals surface area contributed by atoms with Crippen molar-refractivity contribution in [3.8, 4) is 0 Å². The molecule has 7 heteroatoms. The molecule has 2 heterocycles. The van der Waals surface area contributed by atoms with Crippen LogP contribution in [0.15, 0.2) is 5.38 Å². The Balaban J connectivity index is 1.80. The standard InChI is InChI=1S/C12H17N3O3S/c13-12-14-9(7-19-12)5-10(16)15-4-3-8(6-15)1-2-11(17)18/h7-8H,1-6H2,(H2,13,14)(H,17,18). The fourth-order valence-electron chi connectivity index (χ4n) is 2.29. The van der Waals surface area contributed by atoms with Crippen molar-refractivity contribution < 1.29 is 14.7 Å². The molecule has 1 saturated heterocycles. The number of nitrogen functional groups attached to an aromatic ring is 1. The van der Waals surface area contributed by atoms with Gasteiger partial charge in [-0.05, 0) is 18.8 Å². The molecule has 2 rings (SSSR count). The molecule has 3 N–H and O–H groups in total. The van der Waals surface area contributed by atoms with Crippen LogP contribution in [0.25, 0.3) is 0 Å². The van der Waals surface area contributed by atoms with E-state index in [2.05, 4.69) is 4.98 Å². The molecule has 1 fully saturated rings. The molecule has 1 unspecified atom stereocenters. The molecule has 0 saturated carbocycles. The van der Waals surface area contributed by atoms with Crippen molar-refractivity contribution in [3.63, 3.8) is 0 Å². The predicted octanol–water partition coefficient (Wildman–Crippen LogP) is 0.981. The second kappa shape index (κ2) is 6.01. The van der Waals surface area contributed by atoms with E-state index in [1.807, 2.05) is 0 Å². The average molecular weight is 283 g/mol. The van der Waals surface area contributed by atoms with Crippen LogP contribution in [0, 0.1) is 5.92 Å². The largest absolute Gasteiger partial charge is 0.481 e. The first-order valence-corrected chi connectivity index (χ1v) is 7.12. The molecule has 104 valence electrons. The van der Waals surface area contributed by atoms with Gasteiger partial charge in [0.05, 0.1) is 12.1 Å². The number of carboxylic acids is 1. The quantitative estimate of drug-likeness (QED) is 0.839. The highest BCUT2D eigenvalue weighted by Crippen LogP contribution is 2.22. The summed E-state index contributed by atoms with van der Waals surface area (Å²) in [6, 6.07) is 0. The van der Waals surface area contributed by atoms with E-state index in [0.717, 1.165) is 6.42 Å². The summed E-state index contributed by atoms with van der Waals surface area (Å²) in [5.74, 6) is -0.425. The molecule has 1 aromatic heterocycles. The van der Waals surface area contributed by atoms with Crippen molar-refractivity contribution in [2.24, 2.45) is 5.92 Å². The van der Waals surface area contributed by atoms with Crippen molar-refractivity contribution in [1.82, 2.24) is 9.88 Å². The Morgan fingerprint density at radius 1 is 1.58 bits per heavy atom. The number of aromatic nitrogens is 1. The summed E-state index contributed by atoms with van der Waals surface area (Å²) in [6.45, 7) is 1.37. The van der Waals surface area contributed by atoms with Gasteiger partial charge in [0, 0.05) is 24.9 Å². The van der Waals surface area contributed by atoms with Crippen molar-refractivity contribution in [2.45, 2.75) is 25.7 Å². The van der Waals surface area contributed by atoms with Gasteiger partial charge in [-0.15, -0.1) is 11.3 Å². The summed E-state index contributed by atoms with van der Waals surface area (Å²) in [5.41, 5.74) is 6.23. The van der Waals surface area contributed by atoms with Gasteiger partial charge in [-0.3, -0.25) is 9.59 Å². The number of nitrogens with zero attached hydrogens (tertiary/aromatic N) is 2. The molecule has 0 aliphatic carbocycles. The third kappa shape index (κ3) is 3.92. The van der Waals surface area contributed by atoms with Crippen molar-refractivity contribution in [3.05, 3.63) is 11.1 Å². The summed E-state index contributed by atoms with van der Waals surface area (Å²) < 4.78 is 0. The molecule has 0 aromatic carbocycles. The molecule has 1 amide bonds. The first-order valence-electron chi connectivity index (χ1n) is 6.24. The molecule has 19 heavy (non-hydrogen) atoms. The minimum Gasteiger partial charge on any atom is -0.481 e. The van der Waals surface area contributed by atoms with Gasteiger partial charge in [0.2, 0.25) is 5.91 Å². The lowest BCUT2D eigenvalue weighted by molar-refractivity contribution is -0.137. The van der Waals surface area contributed by atoms with Gasteiger partial charge in [0.1, 0.15) is 0 Å². The van der Waals surface area contributed by atoms with Gasteiger partial charge >= 0.3 is 5.97 Å². The molecular formula is C12H17N3O3S. The first-order chi connectivity index (χ1) is 9.04. The normalized spacial score (nSPS) is 18.7. The third-order valence-corrected chi connectivity index (χ3v) is 4.03. The lowest BCUT2D eigenvalue weighted by atomic mass is 10.0. The minimum absolute atomic E-state index is 0.0446. The summed E-state index contributed by atoms with van der Waals surface area (Å²) in [4.78, 5) is 28.4. The number of aliphatic carboxylic acids is 1. The van der Waals surface area contributed by atoms with Crippen LogP contribution in [-0.2, 0) is 16.0 Å². The molecule has 0 spiro atoms. The number of carboxylic acid groups (broad SMARTS) is 1. The van der Waals surface area contributed by atoms with Gasteiger partial charge in [0.15, 0.2) is 5.13 Å². The van der Waals surface area contributed by atoms with E-state index in [9.17, 15) is 9.59 Å². The predicted molar refractivity (Wildman–Crippen MR) is 71.8 cm³/mol. The number of amides is 1. The van der Waals surface area contributed by atoms with E-state index in [1.54, 1.807) is 10.3 Å². The summed E-state index contributed by atoms with van der Waals surface area (Å²) in [7, 11) is 0. The number of rotatable bonds is 5. The molecule has 1 aliphatic rings. The van der Waals surface area contributed by atoms with Crippen molar-refractivity contribution in [2.75, 3.05) is 18.8 Å². The van der Waals surface area contributed by atoms with Gasteiger partial charge in [-0.25, -0.2) is 4.98 Å². The third-order valence-electron chi connectivity index (χ3n) is 3.31. The number of carbonyl (C=O) groups excluding carboxylic acids is 1. The molecule has 6 nitrogen and oxygen atoms in total. The topological polar surface area (TPSA) is 96.5 Å². The van der Waals surface area contributed by atoms with Gasteiger partial charge in [-0.1, -0.05) is 0 Å². The second-order valence-electron chi connectivity index (χ2n) is 4.78. The monoisotopic (exact) mass is 283 g/mol. The lowest BCUT2D eigenvalue weighted by Gasteiger charge is -2.15. The van der Waals surface area contributed by atoms with Gasteiger partial charge < -0.3 is 15.7 Å². The zero-order valence-electron chi connectivity index (χ0n) is 10.5. The van der Waals surface area contributed by atoms with E-state index in [4.69, 9.17) is 10.8 Å². The Kier molecular flexibility index (Phi) is 4.36. The van der Waals surface area contributed by atoms with Crippen LogP contribution in [0.1, 0.15) is 25.0 Å². The highest BCUT2D eigenvalue weighted by atomic mass is 32.1. The maximum Gasteiger partial charge on any atom is 0.303 e. The van der Waals surface area contributed by atoms with Crippen molar-refractivity contribution in [1.29, 1.82) is 0 Å². The van der Waals surface area contributed by atoms with Crippen LogP contribution in [-0.4, -0.2) is 40.0 Å². The van der Waals surface area contributed by atoms with Crippen LogP contribution in [0.5, 0.6) is 0 Å².